The molecule has 1 aromatic carbocycles. The predicted molar refractivity (Wildman–Crippen MR) is 75.4 cm³/mol. The van der Waals surface area contributed by atoms with Gasteiger partial charge in [0.05, 0.1) is 11.3 Å². The summed E-state index contributed by atoms with van der Waals surface area (Å²) in [4.78, 5) is 21.1. The number of halogens is 2. The summed E-state index contributed by atoms with van der Waals surface area (Å²) in [5.74, 6) is -4.17. The number of alkyl halides is 2. The van der Waals surface area contributed by atoms with Gasteiger partial charge in [-0.1, -0.05) is 6.92 Å². The summed E-state index contributed by atoms with van der Waals surface area (Å²) >= 11 is 0. The van der Waals surface area contributed by atoms with E-state index in [0.29, 0.717) is 11.3 Å². The smallest absolute Gasteiger partial charge is 0.303 e. The average molecular weight is 314 g/mol. The molecule has 1 fully saturated rings. The second-order valence-electron chi connectivity index (χ2n) is 5.63. The van der Waals surface area contributed by atoms with Crippen LogP contribution < -0.4 is 5.32 Å². The van der Waals surface area contributed by atoms with Gasteiger partial charge in [-0.3, -0.25) is 14.9 Å². The molecule has 6 nitrogen and oxygen atoms in total. The minimum Gasteiger partial charge on any atom is -0.481 e. The lowest BCUT2D eigenvalue weighted by molar-refractivity contribution is -0.384. The zero-order valence-electron chi connectivity index (χ0n) is 11.9. The van der Waals surface area contributed by atoms with Crippen LogP contribution in [0.3, 0.4) is 0 Å². The van der Waals surface area contributed by atoms with Gasteiger partial charge in [-0.15, -0.1) is 0 Å². The van der Waals surface area contributed by atoms with Crippen molar-refractivity contribution < 1.29 is 23.6 Å². The summed E-state index contributed by atoms with van der Waals surface area (Å²) in [5, 5.41) is 22.6. The standard InChI is InChI=1S/C14H16F2N2O4/c1-8(4-13(19)20)11-5-10(18(21)22)2-3-12(11)17-9-6-14(15,16)7-9/h2-3,5,8-9,17H,4,6-7H2,1H3,(H,19,20). The first-order chi connectivity index (χ1) is 10.2. The molecule has 0 spiro atoms. The number of non-ortho nitro benzene ring substituents is 1. The van der Waals surface area contributed by atoms with Crippen LogP contribution >= 0.6 is 0 Å². The lowest BCUT2D eigenvalue weighted by Crippen LogP contribution is -2.44. The Labute approximate surface area is 125 Å². The quantitative estimate of drug-likeness (QED) is 0.620. The van der Waals surface area contributed by atoms with E-state index in [-0.39, 0.29) is 24.9 Å². The second-order valence-corrected chi connectivity index (χ2v) is 5.63. The molecule has 0 bridgehead atoms. The number of nitro benzene ring substituents is 1. The summed E-state index contributed by atoms with van der Waals surface area (Å²) in [6.07, 6.45) is -0.788. The number of hydrogen-bond acceptors (Lipinski definition) is 4. The third-order valence-corrected chi connectivity index (χ3v) is 3.71. The fourth-order valence-electron chi connectivity index (χ4n) is 2.56. The fraction of sp³-hybridized carbons (Fsp3) is 0.500. The van der Waals surface area contributed by atoms with Crippen LogP contribution in [0.15, 0.2) is 18.2 Å². The molecule has 120 valence electrons. The van der Waals surface area contributed by atoms with E-state index in [0.717, 1.165) is 0 Å². The van der Waals surface area contributed by atoms with Gasteiger partial charge in [0, 0.05) is 36.7 Å². The van der Waals surface area contributed by atoms with Crippen LogP contribution in [0.4, 0.5) is 20.2 Å². The van der Waals surface area contributed by atoms with Gasteiger partial charge in [0.25, 0.3) is 11.6 Å². The number of rotatable bonds is 6. The molecular formula is C14H16F2N2O4. The van der Waals surface area contributed by atoms with Crippen molar-refractivity contribution in [3.63, 3.8) is 0 Å². The van der Waals surface area contributed by atoms with Gasteiger partial charge in [0.1, 0.15) is 0 Å². The van der Waals surface area contributed by atoms with E-state index in [1.54, 1.807) is 6.92 Å². The molecule has 0 aromatic heterocycles. The van der Waals surface area contributed by atoms with Gasteiger partial charge in [0.15, 0.2) is 0 Å². The van der Waals surface area contributed by atoms with E-state index in [4.69, 9.17) is 5.11 Å². The Kier molecular flexibility index (Phi) is 4.30. The van der Waals surface area contributed by atoms with E-state index in [1.165, 1.54) is 18.2 Å². The number of nitrogens with zero attached hydrogens (tertiary/aromatic N) is 1. The number of carboxylic acid groups (broad SMARTS) is 1. The van der Waals surface area contributed by atoms with Crippen molar-refractivity contribution in [3.8, 4) is 0 Å². The van der Waals surface area contributed by atoms with E-state index < -0.39 is 28.8 Å². The molecule has 1 aliphatic rings. The molecular weight excluding hydrogens is 298 g/mol. The Morgan fingerprint density at radius 2 is 2.18 bits per heavy atom. The van der Waals surface area contributed by atoms with Crippen LogP contribution in [0.25, 0.3) is 0 Å². The van der Waals surface area contributed by atoms with Crippen molar-refractivity contribution in [2.75, 3.05) is 5.32 Å². The topological polar surface area (TPSA) is 92.5 Å². The lowest BCUT2D eigenvalue weighted by atomic mass is 9.87. The normalized spacial score (nSPS) is 18.3. The maximum atomic E-state index is 12.9. The maximum absolute atomic E-state index is 12.9. The van der Waals surface area contributed by atoms with Gasteiger partial charge in [0.2, 0.25) is 0 Å². The highest BCUT2D eigenvalue weighted by atomic mass is 19.3. The van der Waals surface area contributed by atoms with E-state index in [1.807, 2.05) is 0 Å². The average Bonchev–Trinajstić information content (AvgIpc) is 2.35. The van der Waals surface area contributed by atoms with Gasteiger partial charge in [-0.25, -0.2) is 8.78 Å². The lowest BCUT2D eigenvalue weighted by Gasteiger charge is -2.36. The SMILES string of the molecule is CC(CC(=O)O)c1cc([N+](=O)[O-])ccc1NC1CC(F)(F)C1. The molecule has 1 aliphatic carbocycles. The van der Waals surface area contributed by atoms with Crippen LogP contribution in [0.2, 0.25) is 0 Å². The first kappa shape index (κ1) is 16.1. The van der Waals surface area contributed by atoms with Crippen molar-refractivity contribution in [1.82, 2.24) is 0 Å². The second kappa shape index (κ2) is 5.86. The first-order valence-corrected chi connectivity index (χ1v) is 6.82. The number of aliphatic carboxylic acids is 1. The summed E-state index contributed by atoms with van der Waals surface area (Å²) < 4.78 is 25.8. The van der Waals surface area contributed by atoms with Crippen LogP contribution in [-0.4, -0.2) is 28.0 Å². The highest BCUT2D eigenvalue weighted by Gasteiger charge is 2.45. The molecule has 0 amide bonds. The number of nitrogens with one attached hydrogen (secondary N) is 1. The van der Waals surface area contributed by atoms with E-state index in [9.17, 15) is 23.7 Å². The number of carboxylic acids is 1. The Bertz CT molecular complexity index is 599. The highest BCUT2D eigenvalue weighted by Crippen LogP contribution is 2.40. The molecule has 0 heterocycles. The van der Waals surface area contributed by atoms with Crippen molar-refractivity contribution in [2.45, 2.75) is 44.1 Å². The van der Waals surface area contributed by atoms with Gasteiger partial charge >= 0.3 is 5.97 Å². The molecule has 2 rings (SSSR count). The Morgan fingerprint density at radius 1 is 1.55 bits per heavy atom. The zero-order chi connectivity index (χ0) is 16.5. The molecule has 1 aromatic rings. The molecule has 22 heavy (non-hydrogen) atoms. The number of nitro groups is 1. The van der Waals surface area contributed by atoms with Gasteiger partial charge in [-0.2, -0.15) is 0 Å². The maximum Gasteiger partial charge on any atom is 0.303 e. The van der Waals surface area contributed by atoms with Crippen LogP contribution in [0, 0.1) is 10.1 Å². The van der Waals surface area contributed by atoms with Gasteiger partial charge in [-0.05, 0) is 17.5 Å². The minimum absolute atomic E-state index is 0.156. The van der Waals surface area contributed by atoms with Crippen LogP contribution in [0.5, 0.6) is 0 Å². The molecule has 0 radical (unpaired) electrons. The number of anilines is 1. The number of benzene rings is 1. The summed E-state index contributed by atoms with van der Waals surface area (Å²) in [7, 11) is 0. The van der Waals surface area contributed by atoms with Crippen molar-refractivity contribution >= 4 is 17.3 Å². The number of carbonyl (C=O) groups is 1. The fourth-order valence-corrected chi connectivity index (χ4v) is 2.56. The highest BCUT2D eigenvalue weighted by molar-refractivity contribution is 5.69. The Hall–Kier alpha value is -2.25. The Morgan fingerprint density at radius 3 is 2.68 bits per heavy atom. The molecule has 2 N–H and O–H groups in total. The molecule has 1 atom stereocenters. The van der Waals surface area contributed by atoms with Crippen LogP contribution in [-0.2, 0) is 4.79 Å². The third-order valence-electron chi connectivity index (χ3n) is 3.71. The van der Waals surface area contributed by atoms with Gasteiger partial charge < -0.3 is 10.4 Å². The predicted octanol–water partition coefficient (Wildman–Crippen LogP) is 3.38. The summed E-state index contributed by atoms with van der Waals surface area (Å²) in [6.45, 7) is 1.63. The van der Waals surface area contributed by atoms with Crippen molar-refractivity contribution in [2.24, 2.45) is 0 Å². The molecule has 1 saturated carbocycles. The Balaban J connectivity index is 2.23. The van der Waals surface area contributed by atoms with Crippen molar-refractivity contribution in [1.29, 1.82) is 0 Å². The van der Waals surface area contributed by atoms with E-state index in [2.05, 4.69) is 5.32 Å². The summed E-state index contributed by atoms with van der Waals surface area (Å²) in [5.41, 5.74) is 0.767. The largest absolute Gasteiger partial charge is 0.481 e. The molecule has 8 heteroatoms. The summed E-state index contributed by atoms with van der Waals surface area (Å²) in [6, 6.07) is 3.61. The van der Waals surface area contributed by atoms with Crippen LogP contribution in [0.1, 0.15) is 37.7 Å². The third kappa shape index (κ3) is 3.69. The molecule has 0 saturated heterocycles. The first-order valence-electron chi connectivity index (χ1n) is 6.82. The number of hydrogen-bond donors (Lipinski definition) is 2. The zero-order valence-corrected chi connectivity index (χ0v) is 11.9. The van der Waals surface area contributed by atoms with E-state index >= 15 is 0 Å². The minimum atomic E-state index is -2.68. The monoisotopic (exact) mass is 314 g/mol. The molecule has 1 unspecified atom stereocenters. The van der Waals surface area contributed by atoms with Crippen molar-refractivity contribution in [3.05, 3.63) is 33.9 Å². The molecule has 0 aliphatic heterocycles.